The summed E-state index contributed by atoms with van der Waals surface area (Å²) in [7, 11) is 0. The first-order valence-electron chi connectivity index (χ1n) is 8.01. The number of rotatable bonds is 2. The summed E-state index contributed by atoms with van der Waals surface area (Å²) in [4.78, 5) is 5.29. The molecular weight excluding hydrogens is 224 g/mol. The molecule has 0 bridgehead atoms. The Morgan fingerprint density at radius 3 is 2.28 bits per heavy atom. The van der Waals surface area contributed by atoms with Gasteiger partial charge in [0.2, 0.25) is 0 Å². The molecule has 0 spiro atoms. The monoisotopic (exact) mass is 252 g/mol. The largest absolute Gasteiger partial charge is 0.391 e. The smallest absolute Gasteiger partial charge is 0.0695 e. The molecule has 2 aliphatic heterocycles. The van der Waals surface area contributed by atoms with Crippen molar-refractivity contribution in [2.45, 2.75) is 69.6 Å². The minimum absolute atomic E-state index is 0.0566. The lowest BCUT2D eigenvalue weighted by molar-refractivity contribution is 0.0266. The maximum atomic E-state index is 10.2. The normalized spacial score (nSPS) is 40.2. The second-order valence-electron chi connectivity index (χ2n) is 6.45. The number of hydrogen-bond acceptors (Lipinski definition) is 3. The average molecular weight is 252 g/mol. The Labute approximate surface area is 111 Å². The van der Waals surface area contributed by atoms with Gasteiger partial charge in [-0.3, -0.25) is 9.80 Å². The molecule has 0 radical (unpaired) electrons. The first-order chi connectivity index (χ1) is 8.84. The standard InChI is InChI=1S/C15H28N2O/c18-15-7-3-2-6-14(15)17-11-8-13(12-17)16-9-4-1-5-10-16/h13-15,18H,1-12H2/t13?,14-,15-/m1/s1. The summed E-state index contributed by atoms with van der Waals surface area (Å²) in [6, 6.07) is 1.24. The maximum absolute atomic E-state index is 10.2. The first-order valence-corrected chi connectivity index (χ1v) is 8.01. The van der Waals surface area contributed by atoms with Crippen molar-refractivity contribution in [3.63, 3.8) is 0 Å². The van der Waals surface area contributed by atoms with Gasteiger partial charge >= 0.3 is 0 Å². The predicted octanol–water partition coefficient (Wildman–Crippen LogP) is 1.85. The highest BCUT2D eigenvalue weighted by molar-refractivity contribution is 4.91. The number of aliphatic hydroxyl groups is 1. The van der Waals surface area contributed by atoms with Gasteiger partial charge in [0.25, 0.3) is 0 Å². The Morgan fingerprint density at radius 2 is 1.50 bits per heavy atom. The fourth-order valence-corrected chi connectivity index (χ4v) is 4.17. The molecule has 1 N–H and O–H groups in total. The molecular formula is C15H28N2O. The second-order valence-corrected chi connectivity index (χ2v) is 6.45. The maximum Gasteiger partial charge on any atom is 0.0695 e. The van der Waals surface area contributed by atoms with E-state index in [2.05, 4.69) is 9.80 Å². The predicted molar refractivity (Wildman–Crippen MR) is 73.7 cm³/mol. The number of nitrogens with zero attached hydrogens (tertiary/aromatic N) is 2. The zero-order valence-electron chi connectivity index (χ0n) is 11.6. The van der Waals surface area contributed by atoms with E-state index in [4.69, 9.17) is 0 Å². The minimum Gasteiger partial charge on any atom is -0.391 e. The molecule has 0 aromatic carbocycles. The molecule has 3 aliphatic rings. The van der Waals surface area contributed by atoms with Gasteiger partial charge < -0.3 is 5.11 Å². The summed E-state index contributed by atoms with van der Waals surface area (Å²) >= 11 is 0. The van der Waals surface area contributed by atoms with Gasteiger partial charge in [-0.25, -0.2) is 0 Å². The van der Waals surface area contributed by atoms with Gasteiger partial charge in [-0.05, 0) is 45.2 Å². The van der Waals surface area contributed by atoms with Crippen LogP contribution in [0.3, 0.4) is 0 Å². The summed E-state index contributed by atoms with van der Waals surface area (Å²) in [6.07, 6.45) is 10.2. The van der Waals surface area contributed by atoms with Gasteiger partial charge in [0.1, 0.15) is 0 Å². The third-order valence-electron chi connectivity index (χ3n) is 5.26. The highest BCUT2D eigenvalue weighted by atomic mass is 16.3. The SMILES string of the molecule is O[C@@H]1CCCC[C@H]1N1CCC(N2CCCCC2)C1. The van der Waals surface area contributed by atoms with E-state index in [1.165, 1.54) is 71.1 Å². The van der Waals surface area contributed by atoms with Crippen LogP contribution in [0.25, 0.3) is 0 Å². The van der Waals surface area contributed by atoms with E-state index in [0.717, 1.165) is 12.5 Å². The van der Waals surface area contributed by atoms with Crippen molar-refractivity contribution in [1.82, 2.24) is 9.80 Å². The molecule has 18 heavy (non-hydrogen) atoms. The van der Waals surface area contributed by atoms with Crippen LogP contribution >= 0.6 is 0 Å². The van der Waals surface area contributed by atoms with E-state index >= 15 is 0 Å². The lowest BCUT2D eigenvalue weighted by Gasteiger charge is -2.36. The number of hydrogen-bond donors (Lipinski definition) is 1. The fourth-order valence-electron chi connectivity index (χ4n) is 4.17. The summed E-state index contributed by atoms with van der Waals surface area (Å²) in [6.45, 7) is 5.04. The Kier molecular flexibility index (Phi) is 4.22. The van der Waals surface area contributed by atoms with E-state index in [1.54, 1.807) is 0 Å². The molecule has 3 fully saturated rings. The topological polar surface area (TPSA) is 26.7 Å². The van der Waals surface area contributed by atoms with Crippen LogP contribution in [-0.2, 0) is 0 Å². The van der Waals surface area contributed by atoms with Gasteiger partial charge in [-0.15, -0.1) is 0 Å². The van der Waals surface area contributed by atoms with Crippen LogP contribution < -0.4 is 0 Å². The molecule has 0 amide bonds. The van der Waals surface area contributed by atoms with Gasteiger partial charge in [-0.2, -0.15) is 0 Å². The summed E-state index contributed by atoms with van der Waals surface area (Å²) in [5.41, 5.74) is 0. The molecule has 1 aliphatic carbocycles. The van der Waals surface area contributed by atoms with Crippen molar-refractivity contribution in [3.05, 3.63) is 0 Å². The average Bonchev–Trinajstić information content (AvgIpc) is 2.90. The highest BCUT2D eigenvalue weighted by Gasteiger charge is 2.35. The Hall–Kier alpha value is -0.120. The van der Waals surface area contributed by atoms with Crippen LogP contribution in [0.15, 0.2) is 0 Å². The number of aliphatic hydroxyl groups excluding tert-OH is 1. The van der Waals surface area contributed by atoms with Crippen LogP contribution in [0.5, 0.6) is 0 Å². The van der Waals surface area contributed by atoms with Crippen molar-refractivity contribution in [2.75, 3.05) is 26.2 Å². The van der Waals surface area contributed by atoms with E-state index in [-0.39, 0.29) is 6.10 Å². The zero-order chi connectivity index (χ0) is 12.4. The highest BCUT2D eigenvalue weighted by Crippen LogP contribution is 2.28. The minimum atomic E-state index is -0.0566. The van der Waals surface area contributed by atoms with Crippen LogP contribution in [-0.4, -0.2) is 59.3 Å². The molecule has 3 rings (SSSR count). The molecule has 0 aromatic heterocycles. The fraction of sp³-hybridized carbons (Fsp3) is 1.00. The third-order valence-corrected chi connectivity index (χ3v) is 5.26. The van der Waals surface area contributed by atoms with Crippen LogP contribution in [0, 0.1) is 0 Å². The summed E-state index contributed by atoms with van der Waals surface area (Å²) in [5.74, 6) is 0. The van der Waals surface area contributed by atoms with E-state index in [9.17, 15) is 5.11 Å². The lowest BCUT2D eigenvalue weighted by Crippen LogP contribution is -2.47. The van der Waals surface area contributed by atoms with Crippen LogP contribution in [0.2, 0.25) is 0 Å². The summed E-state index contributed by atoms with van der Waals surface area (Å²) in [5, 5.41) is 10.2. The quantitative estimate of drug-likeness (QED) is 0.812. The van der Waals surface area contributed by atoms with Crippen molar-refractivity contribution in [3.8, 4) is 0 Å². The molecule has 3 heteroatoms. The van der Waals surface area contributed by atoms with E-state index in [0.29, 0.717) is 6.04 Å². The van der Waals surface area contributed by atoms with Crippen LogP contribution in [0.4, 0.5) is 0 Å². The van der Waals surface area contributed by atoms with Crippen molar-refractivity contribution in [1.29, 1.82) is 0 Å². The van der Waals surface area contributed by atoms with Gasteiger partial charge in [0.05, 0.1) is 6.10 Å². The lowest BCUT2D eigenvalue weighted by atomic mass is 9.91. The van der Waals surface area contributed by atoms with E-state index in [1.807, 2.05) is 0 Å². The van der Waals surface area contributed by atoms with Crippen molar-refractivity contribution < 1.29 is 5.11 Å². The molecule has 2 saturated heterocycles. The van der Waals surface area contributed by atoms with Gasteiger partial charge in [0, 0.05) is 25.2 Å². The molecule has 3 atom stereocenters. The molecule has 2 heterocycles. The molecule has 1 saturated carbocycles. The molecule has 1 unspecified atom stereocenters. The first kappa shape index (κ1) is 12.9. The number of piperidine rings is 1. The molecule has 0 aromatic rings. The van der Waals surface area contributed by atoms with Gasteiger partial charge in [-0.1, -0.05) is 19.3 Å². The van der Waals surface area contributed by atoms with Crippen molar-refractivity contribution in [2.24, 2.45) is 0 Å². The Bertz CT molecular complexity index is 265. The number of likely N-dealkylation sites (tertiary alicyclic amines) is 2. The van der Waals surface area contributed by atoms with Crippen molar-refractivity contribution >= 4 is 0 Å². The second kappa shape index (κ2) is 5.89. The summed E-state index contributed by atoms with van der Waals surface area (Å²) < 4.78 is 0. The zero-order valence-corrected chi connectivity index (χ0v) is 11.6. The third kappa shape index (κ3) is 2.73. The van der Waals surface area contributed by atoms with E-state index < -0.39 is 0 Å². The van der Waals surface area contributed by atoms with Gasteiger partial charge in [0.15, 0.2) is 0 Å². The molecule has 104 valence electrons. The Morgan fingerprint density at radius 1 is 0.722 bits per heavy atom. The Balaban J connectivity index is 1.53. The van der Waals surface area contributed by atoms with Crippen LogP contribution in [0.1, 0.15) is 51.4 Å². The molecule has 3 nitrogen and oxygen atoms in total.